The summed E-state index contributed by atoms with van der Waals surface area (Å²) in [5, 5.41) is 0.688. The summed E-state index contributed by atoms with van der Waals surface area (Å²) in [6.45, 7) is 0.404. The number of pyridine rings is 1. The van der Waals surface area contributed by atoms with Crippen molar-refractivity contribution in [2.24, 2.45) is 0 Å². The topological polar surface area (TPSA) is 48.1 Å². The van der Waals surface area contributed by atoms with Gasteiger partial charge in [0, 0.05) is 16.8 Å². The molecule has 1 aromatic carbocycles. The molecule has 0 fully saturated rings. The zero-order valence-corrected chi connectivity index (χ0v) is 9.32. The highest BCUT2D eigenvalue weighted by Crippen LogP contribution is 2.17. The number of anilines is 1. The molecule has 0 aliphatic carbocycles. The molecule has 4 heteroatoms. The minimum absolute atomic E-state index is 0.404. The van der Waals surface area contributed by atoms with Gasteiger partial charge in [-0.1, -0.05) is 17.7 Å². The van der Waals surface area contributed by atoms with E-state index >= 15 is 0 Å². The van der Waals surface area contributed by atoms with Gasteiger partial charge >= 0.3 is 0 Å². The Balaban J connectivity index is 2.02. The van der Waals surface area contributed by atoms with Crippen LogP contribution in [0.1, 0.15) is 5.56 Å². The number of hydrogen-bond donors (Lipinski definition) is 1. The molecular formula is C12H11ClN2O. The van der Waals surface area contributed by atoms with E-state index in [9.17, 15) is 0 Å². The van der Waals surface area contributed by atoms with Crippen LogP contribution in [0.25, 0.3) is 0 Å². The molecule has 0 saturated heterocycles. The van der Waals surface area contributed by atoms with Crippen molar-refractivity contribution in [2.75, 3.05) is 5.73 Å². The molecule has 2 rings (SSSR count). The molecular weight excluding hydrogens is 224 g/mol. The van der Waals surface area contributed by atoms with Gasteiger partial charge in [0.05, 0.1) is 0 Å². The lowest BCUT2D eigenvalue weighted by molar-refractivity contribution is 0.306. The third-order valence-corrected chi connectivity index (χ3v) is 2.39. The lowest BCUT2D eigenvalue weighted by Gasteiger charge is -2.07. The average molecular weight is 235 g/mol. The summed E-state index contributed by atoms with van der Waals surface area (Å²) in [6, 6.07) is 10.9. The number of ether oxygens (including phenoxy) is 1. The summed E-state index contributed by atoms with van der Waals surface area (Å²) in [4.78, 5) is 3.98. The van der Waals surface area contributed by atoms with Gasteiger partial charge in [-0.3, -0.25) is 0 Å². The van der Waals surface area contributed by atoms with Gasteiger partial charge in [0.15, 0.2) is 0 Å². The fraction of sp³-hybridized carbons (Fsp3) is 0.0833. The summed E-state index contributed by atoms with van der Waals surface area (Å²) in [5.74, 6) is 1.25. The van der Waals surface area contributed by atoms with Crippen molar-refractivity contribution in [2.45, 2.75) is 6.61 Å². The number of halogens is 1. The van der Waals surface area contributed by atoms with Gasteiger partial charge in [-0.15, -0.1) is 0 Å². The first-order valence-corrected chi connectivity index (χ1v) is 5.21. The van der Waals surface area contributed by atoms with E-state index in [0.29, 0.717) is 17.4 Å². The van der Waals surface area contributed by atoms with Gasteiger partial charge in [0.2, 0.25) is 0 Å². The summed E-state index contributed by atoms with van der Waals surface area (Å²) in [6.07, 6.45) is 1.65. The van der Waals surface area contributed by atoms with Gasteiger partial charge in [0.25, 0.3) is 0 Å². The molecule has 0 spiro atoms. The van der Waals surface area contributed by atoms with E-state index < -0.39 is 0 Å². The predicted molar refractivity (Wildman–Crippen MR) is 64.4 cm³/mol. The van der Waals surface area contributed by atoms with Gasteiger partial charge < -0.3 is 10.5 Å². The number of rotatable bonds is 3. The minimum Gasteiger partial charge on any atom is -0.489 e. The van der Waals surface area contributed by atoms with Crippen LogP contribution < -0.4 is 10.5 Å². The molecule has 0 radical (unpaired) electrons. The molecule has 2 N–H and O–H groups in total. The van der Waals surface area contributed by atoms with E-state index in [1.54, 1.807) is 18.3 Å². The van der Waals surface area contributed by atoms with Gasteiger partial charge in [-0.2, -0.15) is 0 Å². The van der Waals surface area contributed by atoms with Gasteiger partial charge in [-0.05, 0) is 30.3 Å². The molecule has 0 saturated carbocycles. The first-order chi connectivity index (χ1) is 7.75. The number of nitrogens with zero attached hydrogens (tertiary/aromatic N) is 1. The summed E-state index contributed by atoms with van der Waals surface area (Å²) in [7, 11) is 0. The molecule has 0 atom stereocenters. The maximum atomic E-state index is 5.77. The van der Waals surface area contributed by atoms with Crippen LogP contribution in [-0.4, -0.2) is 4.98 Å². The Labute approximate surface area is 98.8 Å². The van der Waals surface area contributed by atoms with E-state index in [1.807, 2.05) is 24.3 Å². The molecule has 3 nitrogen and oxygen atoms in total. The van der Waals surface area contributed by atoms with Crippen LogP contribution in [0.15, 0.2) is 42.6 Å². The fourth-order valence-electron chi connectivity index (χ4n) is 1.26. The van der Waals surface area contributed by atoms with E-state index in [4.69, 9.17) is 22.1 Å². The van der Waals surface area contributed by atoms with Gasteiger partial charge in [-0.25, -0.2) is 4.98 Å². The molecule has 0 aliphatic heterocycles. The largest absolute Gasteiger partial charge is 0.489 e. The molecule has 1 heterocycles. The van der Waals surface area contributed by atoms with Crippen LogP contribution in [0.3, 0.4) is 0 Å². The fourth-order valence-corrected chi connectivity index (χ4v) is 1.39. The Bertz CT molecular complexity index is 471. The Hall–Kier alpha value is -1.74. The van der Waals surface area contributed by atoms with Crippen LogP contribution >= 0.6 is 11.6 Å². The zero-order valence-electron chi connectivity index (χ0n) is 8.56. The van der Waals surface area contributed by atoms with Crippen molar-refractivity contribution >= 4 is 17.4 Å². The van der Waals surface area contributed by atoms with Crippen molar-refractivity contribution < 1.29 is 4.74 Å². The number of benzene rings is 1. The van der Waals surface area contributed by atoms with Crippen LogP contribution in [0.2, 0.25) is 5.02 Å². The van der Waals surface area contributed by atoms with Crippen LogP contribution in [-0.2, 0) is 6.61 Å². The van der Waals surface area contributed by atoms with Crippen molar-refractivity contribution in [1.82, 2.24) is 4.98 Å². The number of nitrogens with two attached hydrogens (primary N) is 1. The zero-order chi connectivity index (χ0) is 11.4. The second-order valence-corrected chi connectivity index (χ2v) is 3.73. The van der Waals surface area contributed by atoms with Crippen LogP contribution in [0.5, 0.6) is 5.75 Å². The van der Waals surface area contributed by atoms with E-state index in [-0.39, 0.29) is 0 Å². The Morgan fingerprint density at radius 3 is 2.62 bits per heavy atom. The SMILES string of the molecule is Nc1ncccc1COc1ccc(Cl)cc1. The van der Waals surface area contributed by atoms with E-state index in [2.05, 4.69) is 4.98 Å². The number of hydrogen-bond acceptors (Lipinski definition) is 3. The summed E-state index contributed by atoms with van der Waals surface area (Å²) in [5.41, 5.74) is 6.57. The molecule has 16 heavy (non-hydrogen) atoms. The number of aromatic nitrogens is 1. The Morgan fingerprint density at radius 2 is 1.94 bits per heavy atom. The van der Waals surface area contributed by atoms with Crippen molar-refractivity contribution in [3.63, 3.8) is 0 Å². The normalized spacial score (nSPS) is 10.1. The van der Waals surface area contributed by atoms with E-state index in [1.165, 1.54) is 0 Å². The van der Waals surface area contributed by atoms with Crippen LogP contribution in [0.4, 0.5) is 5.82 Å². The molecule has 0 bridgehead atoms. The lowest BCUT2D eigenvalue weighted by Crippen LogP contribution is -2.01. The first-order valence-electron chi connectivity index (χ1n) is 4.83. The Kier molecular flexibility index (Phi) is 3.27. The predicted octanol–water partition coefficient (Wildman–Crippen LogP) is 2.90. The van der Waals surface area contributed by atoms with Gasteiger partial charge in [0.1, 0.15) is 18.2 Å². The summed E-state index contributed by atoms with van der Waals surface area (Å²) < 4.78 is 5.55. The van der Waals surface area contributed by atoms with Crippen molar-refractivity contribution in [3.8, 4) is 5.75 Å². The molecule has 2 aromatic rings. The molecule has 0 aliphatic rings. The monoisotopic (exact) mass is 234 g/mol. The lowest BCUT2D eigenvalue weighted by atomic mass is 10.3. The highest BCUT2D eigenvalue weighted by Gasteiger charge is 2.00. The highest BCUT2D eigenvalue weighted by molar-refractivity contribution is 6.30. The van der Waals surface area contributed by atoms with Crippen molar-refractivity contribution in [3.05, 3.63) is 53.2 Å². The average Bonchev–Trinajstić information content (AvgIpc) is 2.30. The highest BCUT2D eigenvalue weighted by atomic mass is 35.5. The molecule has 0 amide bonds. The third kappa shape index (κ3) is 2.64. The Morgan fingerprint density at radius 1 is 1.19 bits per heavy atom. The standard InChI is InChI=1S/C12H11ClN2O/c13-10-3-5-11(6-4-10)16-8-9-2-1-7-15-12(9)14/h1-7H,8H2,(H2,14,15). The first kappa shape index (κ1) is 10.8. The minimum atomic E-state index is 0.404. The van der Waals surface area contributed by atoms with Crippen LogP contribution in [0, 0.1) is 0 Å². The quantitative estimate of drug-likeness (QED) is 0.888. The summed E-state index contributed by atoms with van der Waals surface area (Å²) >= 11 is 5.77. The van der Waals surface area contributed by atoms with E-state index in [0.717, 1.165) is 11.3 Å². The van der Waals surface area contributed by atoms with Crippen molar-refractivity contribution in [1.29, 1.82) is 0 Å². The third-order valence-electron chi connectivity index (χ3n) is 2.13. The second-order valence-electron chi connectivity index (χ2n) is 3.29. The molecule has 82 valence electrons. The smallest absolute Gasteiger partial charge is 0.129 e. The molecule has 0 unspecified atom stereocenters. The molecule has 1 aromatic heterocycles. The number of nitrogen functional groups attached to an aromatic ring is 1. The maximum Gasteiger partial charge on any atom is 0.129 e. The maximum absolute atomic E-state index is 5.77. The second kappa shape index (κ2) is 4.86.